The first kappa shape index (κ1) is 18.4. The molecule has 0 aliphatic heterocycles. The quantitative estimate of drug-likeness (QED) is 0.413. The maximum Gasteiger partial charge on any atom is 0.256 e. The van der Waals surface area contributed by atoms with Gasteiger partial charge in [-0.1, -0.05) is 41.4 Å². The van der Waals surface area contributed by atoms with E-state index in [1.807, 2.05) is 24.3 Å². The lowest BCUT2D eigenvalue weighted by Gasteiger charge is -2.11. The summed E-state index contributed by atoms with van der Waals surface area (Å²) >= 11 is 12.3. The van der Waals surface area contributed by atoms with Gasteiger partial charge in [-0.25, -0.2) is 9.37 Å². The van der Waals surface area contributed by atoms with Crippen molar-refractivity contribution in [3.63, 3.8) is 0 Å². The molecule has 3 nitrogen and oxygen atoms in total. The second-order valence-corrected chi connectivity index (χ2v) is 7.00. The number of hydrogen-bond acceptors (Lipinski definition) is 2. The van der Waals surface area contributed by atoms with Gasteiger partial charge in [0.05, 0.1) is 21.8 Å². The number of hydrogen-bond donors (Lipinski definition) is 1. The Morgan fingerprint density at radius 3 is 2.43 bits per heavy atom. The van der Waals surface area contributed by atoms with E-state index in [4.69, 9.17) is 23.2 Å². The summed E-state index contributed by atoms with van der Waals surface area (Å²) in [4.78, 5) is 17.6. The first-order valence-corrected chi connectivity index (χ1v) is 9.19. The average Bonchev–Trinajstić information content (AvgIpc) is 2.69. The van der Waals surface area contributed by atoms with Gasteiger partial charge in [-0.15, -0.1) is 0 Å². The maximum atomic E-state index is 13.1. The third kappa shape index (κ3) is 3.70. The molecule has 28 heavy (non-hydrogen) atoms. The fourth-order valence-corrected chi connectivity index (χ4v) is 3.44. The first-order chi connectivity index (χ1) is 13.5. The van der Waals surface area contributed by atoms with Gasteiger partial charge >= 0.3 is 0 Å². The van der Waals surface area contributed by atoms with E-state index in [-0.39, 0.29) is 11.7 Å². The molecule has 0 saturated carbocycles. The molecular formula is C22H13Cl2FN2O. The minimum absolute atomic E-state index is 0.323. The molecule has 1 aromatic heterocycles. The van der Waals surface area contributed by atoms with Crippen molar-refractivity contribution in [1.29, 1.82) is 0 Å². The molecule has 0 radical (unpaired) electrons. The SMILES string of the molecule is O=C(Nc1ccc(F)cc1)c1cc(-c2ccc(Cl)cc2Cl)nc2ccccc12. The number of pyridine rings is 1. The number of nitrogens with one attached hydrogen (secondary N) is 1. The fourth-order valence-electron chi connectivity index (χ4n) is 2.93. The van der Waals surface area contributed by atoms with E-state index >= 15 is 0 Å². The fraction of sp³-hybridized carbons (Fsp3) is 0. The van der Waals surface area contributed by atoms with Crippen molar-refractivity contribution in [2.24, 2.45) is 0 Å². The molecule has 1 amide bonds. The zero-order valence-electron chi connectivity index (χ0n) is 14.4. The Kier molecular flexibility index (Phi) is 4.99. The molecular weight excluding hydrogens is 398 g/mol. The molecule has 0 fully saturated rings. The van der Waals surface area contributed by atoms with Crippen molar-refractivity contribution < 1.29 is 9.18 Å². The predicted molar refractivity (Wildman–Crippen MR) is 112 cm³/mol. The van der Waals surface area contributed by atoms with Crippen LogP contribution < -0.4 is 5.32 Å². The topological polar surface area (TPSA) is 42.0 Å². The highest BCUT2D eigenvalue weighted by molar-refractivity contribution is 6.36. The summed E-state index contributed by atoms with van der Waals surface area (Å²) in [5, 5.41) is 4.46. The molecule has 4 rings (SSSR count). The minimum Gasteiger partial charge on any atom is -0.322 e. The summed E-state index contributed by atoms with van der Waals surface area (Å²) in [5.41, 5.74) is 2.84. The van der Waals surface area contributed by atoms with Gasteiger partial charge in [0, 0.05) is 21.7 Å². The number of carbonyl (C=O) groups is 1. The van der Waals surface area contributed by atoms with Crippen LogP contribution in [-0.4, -0.2) is 10.9 Å². The molecule has 0 spiro atoms. The number of nitrogens with zero attached hydrogens (tertiary/aromatic N) is 1. The Balaban J connectivity index is 1.82. The highest BCUT2D eigenvalue weighted by Crippen LogP contribution is 2.32. The second kappa shape index (κ2) is 7.58. The standard InChI is InChI=1S/C22H13Cl2FN2O/c23-13-5-10-17(19(24)11-13)21-12-18(16-3-1-2-4-20(16)27-21)22(28)26-15-8-6-14(25)7-9-15/h1-12H,(H,26,28). The Labute approximate surface area is 170 Å². The van der Waals surface area contributed by atoms with Crippen LogP contribution >= 0.6 is 23.2 Å². The van der Waals surface area contributed by atoms with Crippen LogP contribution in [0.3, 0.4) is 0 Å². The molecule has 1 N–H and O–H groups in total. The first-order valence-electron chi connectivity index (χ1n) is 8.43. The van der Waals surface area contributed by atoms with Crippen LogP contribution in [0.2, 0.25) is 10.0 Å². The van der Waals surface area contributed by atoms with Crippen LogP contribution in [0.1, 0.15) is 10.4 Å². The summed E-state index contributed by atoms with van der Waals surface area (Å²) in [6.07, 6.45) is 0. The summed E-state index contributed by atoms with van der Waals surface area (Å²) in [5.74, 6) is -0.691. The molecule has 0 saturated heterocycles. The van der Waals surface area contributed by atoms with Crippen molar-refractivity contribution in [1.82, 2.24) is 4.98 Å². The van der Waals surface area contributed by atoms with Crippen molar-refractivity contribution in [3.8, 4) is 11.3 Å². The molecule has 138 valence electrons. The number of benzene rings is 3. The summed E-state index contributed by atoms with van der Waals surface area (Å²) in [6.45, 7) is 0. The number of aromatic nitrogens is 1. The summed E-state index contributed by atoms with van der Waals surface area (Å²) in [6, 6.07) is 19.8. The van der Waals surface area contributed by atoms with Crippen molar-refractivity contribution >= 4 is 45.7 Å². The summed E-state index contributed by atoms with van der Waals surface area (Å²) in [7, 11) is 0. The number of fused-ring (bicyclic) bond motifs is 1. The number of halogens is 3. The highest BCUT2D eigenvalue weighted by Gasteiger charge is 2.15. The van der Waals surface area contributed by atoms with E-state index in [2.05, 4.69) is 10.3 Å². The van der Waals surface area contributed by atoms with Gasteiger partial charge in [0.25, 0.3) is 5.91 Å². The molecule has 0 unspecified atom stereocenters. The third-order valence-corrected chi connectivity index (χ3v) is 4.82. The van der Waals surface area contributed by atoms with Crippen LogP contribution in [0.5, 0.6) is 0 Å². The van der Waals surface area contributed by atoms with Gasteiger partial charge in [0.2, 0.25) is 0 Å². The van der Waals surface area contributed by atoms with E-state index in [9.17, 15) is 9.18 Å². The molecule has 1 heterocycles. The van der Waals surface area contributed by atoms with Gasteiger partial charge in [-0.2, -0.15) is 0 Å². The molecule has 0 aliphatic rings. The van der Waals surface area contributed by atoms with Gasteiger partial charge in [-0.3, -0.25) is 4.79 Å². The predicted octanol–water partition coefficient (Wildman–Crippen LogP) is 6.60. The van der Waals surface area contributed by atoms with Gasteiger partial charge in [0.15, 0.2) is 0 Å². The third-order valence-electron chi connectivity index (χ3n) is 4.27. The number of anilines is 1. The lowest BCUT2D eigenvalue weighted by atomic mass is 10.0. The van der Waals surface area contributed by atoms with Crippen molar-refractivity contribution in [3.05, 3.63) is 94.2 Å². The normalized spacial score (nSPS) is 10.8. The smallest absolute Gasteiger partial charge is 0.256 e. The monoisotopic (exact) mass is 410 g/mol. The van der Waals surface area contributed by atoms with Crippen LogP contribution in [0, 0.1) is 5.82 Å². The van der Waals surface area contributed by atoms with Gasteiger partial charge in [-0.05, 0) is 54.6 Å². The number of carbonyl (C=O) groups excluding carboxylic acids is 1. The minimum atomic E-state index is -0.368. The largest absolute Gasteiger partial charge is 0.322 e. The maximum absolute atomic E-state index is 13.1. The van der Waals surface area contributed by atoms with Crippen LogP contribution in [0.15, 0.2) is 72.8 Å². The van der Waals surface area contributed by atoms with E-state index in [1.54, 1.807) is 24.3 Å². The van der Waals surface area contributed by atoms with E-state index < -0.39 is 0 Å². The van der Waals surface area contributed by atoms with E-state index in [0.717, 1.165) is 0 Å². The van der Waals surface area contributed by atoms with Crippen LogP contribution in [0.25, 0.3) is 22.2 Å². The lowest BCUT2D eigenvalue weighted by molar-refractivity contribution is 0.102. The molecule has 0 atom stereocenters. The molecule has 4 aromatic rings. The highest BCUT2D eigenvalue weighted by atomic mass is 35.5. The average molecular weight is 411 g/mol. The van der Waals surface area contributed by atoms with Crippen molar-refractivity contribution in [2.45, 2.75) is 0 Å². The molecule has 6 heteroatoms. The van der Waals surface area contributed by atoms with E-state index in [0.29, 0.717) is 43.5 Å². The van der Waals surface area contributed by atoms with Crippen LogP contribution in [-0.2, 0) is 0 Å². The van der Waals surface area contributed by atoms with Gasteiger partial charge in [0.1, 0.15) is 5.82 Å². The van der Waals surface area contributed by atoms with Crippen molar-refractivity contribution in [2.75, 3.05) is 5.32 Å². The Morgan fingerprint density at radius 1 is 0.929 bits per heavy atom. The Hall–Kier alpha value is -2.95. The Bertz CT molecular complexity index is 1190. The number of rotatable bonds is 3. The molecule has 0 aliphatic carbocycles. The zero-order chi connectivity index (χ0) is 19.7. The summed E-state index contributed by atoms with van der Waals surface area (Å²) < 4.78 is 13.1. The Morgan fingerprint density at radius 2 is 1.68 bits per heavy atom. The lowest BCUT2D eigenvalue weighted by Crippen LogP contribution is -2.13. The van der Waals surface area contributed by atoms with E-state index in [1.165, 1.54) is 24.3 Å². The van der Waals surface area contributed by atoms with Crippen LogP contribution in [0.4, 0.5) is 10.1 Å². The van der Waals surface area contributed by atoms with Gasteiger partial charge < -0.3 is 5.32 Å². The molecule has 3 aromatic carbocycles. The number of amides is 1. The zero-order valence-corrected chi connectivity index (χ0v) is 15.9. The number of para-hydroxylation sites is 1. The molecule has 0 bridgehead atoms. The second-order valence-electron chi connectivity index (χ2n) is 6.16.